The summed E-state index contributed by atoms with van der Waals surface area (Å²) in [7, 11) is 0. The topological polar surface area (TPSA) is 41.5 Å². The van der Waals surface area contributed by atoms with Crippen LogP contribution in [0.25, 0.3) is 0 Å². The van der Waals surface area contributed by atoms with Gasteiger partial charge in [0, 0.05) is 5.92 Å². The fourth-order valence-corrected chi connectivity index (χ4v) is 3.93. The van der Waals surface area contributed by atoms with E-state index < -0.39 is 0 Å². The van der Waals surface area contributed by atoms with E-state index in [2.05, 4.69) is 36.2 Å². The first kappa shape index (κ1) is 15.8. The number of allylic oxidation sites excluding steroid dienone is 2. The molecular formula is C22H23NO2. The van der Waals surface area contributed by atoms with Gasteiger partial charge in [0.2, 0.25) is 0 Å². The van der Waals surface area contributed by atoms with Crippen molar-refractivity contribution in [3.05, 3.63) is 77.9 Å². The van der Waals surface area contributed by atoms with Crippen LogP contribution < -0.4 is 10.1 Å². The highest BCUT2D eigenvalue weighted by Gasteiger charge is 2.38. The SMILES string of the molecule is C=C(C)COc1cccc2c1NC(c1ccc(O)cc1)C1CC=CC21. The van der Waals surface area contributed by atoms with E-state index in [9.17, 15) is 5.11 Å². The number of benzene rings is 2. The van der Waals surface area contributed by atoms with Crippen molar-refractivity contribution in [3.63, 3.8) is 0 Å². The summed E-state index contributed by atoms with van der Waals surface area (Å²) in [6, 6.07) is 14.0. The van der Waals surface area contributed by atoms with Crippen LogP contribution in [-0.4, -0.2) is 11.7 Å². The number of phenols is 1. The Morgan fingerprint density at radius 2 is 2.04 bits per heavy atom. The molecule has 1 aliphatic heterocycles. The van der Waals surface area contributed by atoms with Crippen LogP contribution in [0, 0.1) is 5.92 Å². The van der Waals surface area contributed by atoms with Gasteiger partial charge in [-0.2, -0.15) is 0 Å². The van der Waals surface area contributed by atoms with Gasteiger partial charge in [-0.15, -0.1) is 0 Å². The zero-order chi connectivity index (χ0) is 17.4. The van der Waals surface area contributed by atoms with Gasteiger partial charge in [0.15, 0.2) is 0 Å². The number of para-hydroxylation sites is 1. The summed E-state index contributed by atoms with van der Waals surface area (Å²) in [4.78, 5) is 0. The quantitative estimate of drug-likeness (QED) is 0.758. The molecule has 0 radical (unpaired) electrons. The third-order valence-corrected chi connectivity index (χ3v) is 5.08. The summed E-state index contributed by atoms with van der Waals surface area (Å²) < 4.78 is 5.99. The number of rotatable bonds is 4. The molecule has 0 bridgehead atoms. The fraction of sp³-hybridized carbons (Fsp3) is 0.273. The fourth-order valence-electron chi connectivity index (χ4n) is 3.93. The third kappa shape index (κ3) is 2.91. The van der Waals surface area contributed by atoms with Gasteiger partial charge in [-0.25, -0.2) is 0 Å². The Morgan fingerprint density at radius 1 is 1.24 bits per heavy atom. The summed E-state index contributed by atoms with van der Waals surface area (Å²) in [6.07, 6.45) is 5.65. The first-order valence-electron chi connectivity index (χ1n) is 8.75. The Hall–Kier alpha value is -2.68. The number of anilines is 1. The molecule has 0 fully saturated rings. The van der Waals surface area contributed by atoms with Crippen molar-refractivity contribution in [1.29, 1.82) is 0 Å². The van der Waals surface area contributed by atoms with Crippen molar-refractivity contribution in [2.24, 2.45) is 5.92 Å². The number of nitrogens with one attached hydrogen (secondary N) is 1. The van der Waals surface area contributed by atoms with E-state index in [0.717, 1.165) is 23.4 Å². The highest BCUT2D eigenvalue weighted by molar-refractivity contribution is 5.67. The van der Waals surface area contributed by atoms with Crippen LogP contribution in [0.5, 0.6) is 11.5 Å². The minimum Gasteiger partial charge on any atom is -0.508 e. The van der Waals surface area contributed by atoms with Crippen molar-refractivity contribution in [3.8, 4) is 11.5 Å². The summed E-state index contributed by atoms with van der Waals surface area (Å²) in [5.41, 5.74) is 4.57. The van der Waals surface area contributed by atoms with Crippen LogP contribution in [-0.2, 0) is 0 Å². The van der Waals surface area contributed by atoms with E-state index in [4.69, 9.17) is 4.74 Å². The molecule has 3 heteroatoms. The molecule has 0 aromatic heterocycles. The van der Waals surface area contributed by atoms with Gasteiger partial charge in [-0.05, 0) is 54.2 Å². The summed E-state index contributed by atoms with van der Waals surface area (Å²) in [5.74, 6) is 2.05. The maximum Gasteiger partial charge on any atom is 0.143 e. The number of ether oxygens (including phenoxy) is 1. The molecule has 3 unspecified atom stereocenters. The first-order valence-corrected chi connectivity index (χ1v) is 8.75. The second-order valence-corrected chi connectivity index (χ2v) is 7.03. The molecule has 2 aromatic carbocycles. The van der Waals surface area contributed by atoms with Crippen molar-refractivity contribution in [1.82, 2.24) is 0 Å². The van der Waals surface area contributed by atoms with Gasteiger partial charge in [-0.3, -0.25) is 0 Å². The summed E-state index contributed by atoms with van der Waals surface area (Å²) in [5, 5.41) is 13.3. The van der Waals surface area contributed by atoms with E-state index in [0.29, 0.717) is 24.2 Å². The number of aromatic hydroxyl groups is 1. The second-order valence-electron chi connectivity index (χ2n) is 7.03. The number of phenolic OH excluding ortho intramolecular Hbond substituents is 1. The third-order valence-electron chi connectivity index (χ3n) is 5.08. The largest absolute Gasteiger partial charge is 0.508 e. The van der Waals surface area contributed by atoms with Gasteiger partial charge < -0.3 is 15.2 Å². The van der Waals surface area contributed by atoms with Crippen molar-refractivity contribution in [2.75, 3.05) is 11.9 Å². The lowest BCUT2D eigenvalue weighted by atomic mass is 9.77. The van der Waals surface area contributed by atoms with Gasteiger partial charge in [0.1, 0.15) is 18.1 Å². The minimum atomic E-state index is 0.197. The summed E-state index contributed by atoms with van der Waals surface area (Å²) >= 11 is 0. The number of hydrogen-bond acceptors (Lipinski definition) is 3. The minimum absolute atomic E-state index is 0.197. The van der Waals surface area contributed by atoms with E-state index in [-0.39, 0.29) is 6.04 Å². The molecule has 128 valence electrons. The van der Waals surface area contributed by atoms with Crippen LogP contribution in [0.3, 0.4) is 0 Å². The Kier molecular flexibility index (Phi) is 4.00. The highest BCUT2D eigenvalue weighted by atomic mass is 16.5. The molecule has 0 saturated carbocycles. The van der Waals surface area contributed by atoms with E-state index >= 15 is 0 Å². The molecule has 0 spiro atoms. The maximum absolute atomic E-state index is 9.61. The first-order chi connectivity index (χ1) is 12.1. The highest BCUT2D eigenvalue weighted by Crippen LogP contribution is 2.52. The molecule has 1 heterocycles. The average molecular weight is 333 g/mol. The lowest BCUT2D eigenvalue weighted by Gasteiger charge is -2.38. The lowest BCUT2D eigenvalue weighted by Crippen LogP contribution is -2.29. The maximum atomic E-state index is 9.61. The molecule has 4 rings (SSSR count). The number of hydrogen-bond donors (Lipinski definition) is 2. The molecule has 0 saturated heterocycles. The Bertz CT molecular complexity index is 822. The Labute approximate surface area is 148 Å². The molecule has 2 aliphatic rings. The van der Waals surface area contributed by atoms with Crippen LogP contribution in [0.2, 0.25) is 0 Å². The second kappa shape index (κ2) is 6.32. The standard InChI is InChI=1S/C22H23NO2/c1-14(2)13-25-20-8-4-7-19-17-5-3-6-18(17)21(23-22(19)20)15-9-11-16(24)12-10-15/h3-5,7-12,17-18,21,23-24H,1,6,13H2,2H3. The molecule has 25 heavy (non-hydrogen) atoms. The van der Waals surface area contributed by atoms with E-state index in [1.165, 1.54) is 11.1 Å². The van der Waals surface area contributed by atoms with Gasteiger partial charge in [0.25, 0.3) is 0 Å². The molecule has 2 N–H and O–H groups in total. The zero-order valence-electron chi connectivity index (χ0n) is 14.4. The van der Waals surface area contributed by atoms with E-state index in [1.54, 1.807) is 12.1 Å². The number of fused-ring (bicyclic) bond motifs is 3. The Balaban J connectivity index is 1.73. The monoisotopic (exact) mass is 333 g/mol. The molecular weight excluding hydrogens is 310 g/mol. The predicted molar refractivity (Wildman–Crippen MR) is 101 cm³/mol. The van der Waals surface area contributed by atoms with Gasteiger partial charge in [-0.1, -0.05) is 43.0 Å². The normalized spacial score (nSPS) is 23.5. The smallest absolute Gasteiger partial charge is 0.143 e. The van der Waals surface area contributed by atoms with Crippen LogP contribution in [0.4, 0.5) is 5.69 Å². The van der Waals surface area contributed by atoms with Crippen LogP contribution in [0.1, 0.15) is 36.4 Å². The van der Waals surface area contributed by atoms with Crippen molar-refractivity contribution < 1.29 is 9.84 Å². The molecule has 2 aromatic rings. The van der Waals surface area contributed by atoms with Gasteiger partial charge >= 0.3 is 0 Å². The van der Waals surface area contributed by atoms with Crippen LogP contribution >= 0.6 is 0 Å². The molecule has 0 amide bonds. The average Bonchev–Trinajstić information content (AvgIpc) is 3.10. The van der Waals surface area contributed by atoms with Crippen molar-refractivity contribution in [2.45, 2.75) is 25.3 Å². The lowest BCUT2D eigenvalue weighted by molar-refractivity contribution is 0.348. The van der Waals surface area contributed by atoms with Crippen LogP contribution in [0.15, 0.2) is 66.8 Å². The summed E-state index contributed by atoms with van der Waals surface area (Å²) in [6.45, 7) is 6.42. The van der Waals surface area contributed by atoms with E-state index in [1.807, 2.05) is 25.1 Å². The molecule has 3 atom stereocenters. The predicted octanol–water partition coefficient (Wildman–Crippen LogP) is 5.17. The molecule has 3 nitrogen and oxygen atoms in total. The Morgan fingerprint density at radius 3 is 2.80 bits per heavy atom. The zero-order valence-corrected chi connectivity index (χ0v) is 14.4. The molecule has 1 aliphatic carbocycles. The van der Waals surface area contributed by atoms with Gasteiger partial charge in [0.05, 0.1) is 11.7 Å². The van der Waals surface area contributed by atoms with Crippen molar-refractivity contribution >= 4 is 5.69 Å².